The zero-order valence-corrected chi connectivity index (χ0v) is 15.0. The average Bonchev–Trinajstić information content (AvgIpc) is 2.84. The van der Waals surface area contributed by atoms with Crippen molar-refractivity contribution in [2.24, 2.45) is 0 Å². The minimum absolute atomic E-state index is 0.0127. The predicted molar refractivity (Wildman–Crippen MR) is 100.0 cm³/mol. The monoisotopic (exact) mass is 404 g/mol. The summed E-state index contributed by atoms with van der Waals surface area (Å²) in [4.78, 5) is 14.1. The largest absolute Gasteiger partial charge is 0.504 e. The maximum absolute atomic E-state index is 12.7. The molecular formula is C17H13BrN2O3S. The topological polar surface area (TPSA) is 61.8 Å². The van der Waals surface area contributed by atoms with Gasteiger partial charge in [0, 0.05) is 4.47 Å². The van der Waals surface area contributed by atoms with E-state index in [9.17, 15) is 9.90 Å². The number of hydrogen-bond acceptors (Lipinski definition) is 4. The Balaban J connectivity index is 1.98. The Morgan fingerprint density at radius 1 is 1.29 bits per heavy atom. The van der Waals surface area contributed by atoms with Crippen molar-refractivity contribution in [3.63, 3.8) is 0 Å². The maximum Gasteiger partial charge on any atom is 0.281 e. The highest BCUT2D eigenvalue weighted by atomic mass is 79.9. The summed E-state index contributed by atoms with van der Waals surface area (Å²) in [6.45, 7) is 0. The van der Waals surface area contributed by atoms with Gasteiger partial charge in [0.2, 0.25) is 0 Å². The number of thiocarbonyl (C=S) groups is 1. The predicted octanol–water partition coefficient (Wildman–Crippen LogP) is 3.43. The van der Waals surface area contributed by atoms with Crippen LogP contribution in [-0.2, 0) is 4.79 Å². The molecule has 0 bridgehead atoms. The number of halogens is 1. The summed E-state index contributed by atoms with van der Waals surface area (Å²) in [5, 5.41) is 13.0. The fourth-order valence-corrected chi connectivity index (χ4v) is 3.08. The van der Waals surface area contributed by atoms with Crippen molar-refractivity contribution < 1.29 is 14.6 Å². The molecule has 0 aromatic heterocycles. The Labute approximate surface area is 152 Å². The van der Waals surface area contributed by atoms with Gasteiger partial charge < -0.3 is 15.2 Å². The molecule has 1 amide bonds. The number of aromatic hydroxyl groups is 1. The summed E-state index contributed by atoms with van der Waals surface area (Å²) < 4.78 is 5.73. The van der Waals surface area contributed by atoms with Gasteiger partial charge in [0.1, 0.15) is 5.70 Å². The summed E-state index contributed by atoms with van der Waals surface area (Å²) >= 11 is 8.64. The molecule has 0 radical (unpaired) electrons. The van der Waals surface area contributed by atoms with Gasteiger partial charge in [-0.1, -0.05) is 34.1 Å². The first kappa shape index (κ1) is 16.5. The second kappa shape index (κ2) is 6.62. The van der Waals surface area contributed by atoms with Gasteiger partial charge in [-0.3, -0.25) is 9.69 Å². The summed E-state index contributed by atoms with van der Waals surface area (Å²) in [6.07, 6.45) is 1.66. The van der Waals surface area contributed by atoms with E-state index in [1.165, 1.54) is 18.1 Å². The van der Waals surface area contributed by atoms with Gasteiger partial charge in [-0.15, -0.1) is 0 Å². The highest BCUT2D eigenvalue weighted by Crippen LogP contribution is 2.34. The molecule has 122 valence electrons. The molecule has 1 saturated heterocycles. The van der Waals surface area contributed by atoms with Crippen LogP contribution >= 0.6 is 28.1 Å². The lowest BCUT2D eigenvalue weighted by atomic mass is 10.1. The number of carbonyl (C=O) groups is 1. The van der Waals surface area contributed by atoms with E-state index in [4.69, 9.17) is 17.0 Å². The van der Waals surface area contributed by atoms with Crippen LogP contribution in [0.15, 0.2) is 52.6 Å². The van der Waals surface area contributed by atoms with Crippen LogP contribution < -0.4 is 15.0 Å². The molecule has 1 aliphatic rings. The van der Waals surface area contributed by atoms with Gasteiger partial charge in [-0.2, -0.15) is 0 Å². The number of anilines is 1. The normalized spacial score (nSPS) is 15.8. The number of ether oxygens (including phenoxy) is 1. The van der Waals surface area contributed by atoms with Crippen molar-refractivity contribution in [1.29, 1.82) is 0 Å². The van der Waals surface area contributed by atoms with Crippen LogP contribution in [0.3, 0.4) is 0 Å². The molecule has 1 aliphatic heterocycles. The van der Waals surface area contributed by atoms with E-state index >= 15 is 0 Å². The molecule has 7 heteroatoms. The highest BCUT2D eigenvalue weighted by Gasteiger charge is 2.32. The second-order valence-corrected chi connectivity index (χ2v) is 6.25. The molecular weight excluding hydrogens is 392 g/mol. The van der Waals surface area contributed by atoms with Crippen molar-refractivity contribution >= 4 is 50.9 Å². The third kappa shape index (κ3) is 3.00. The van der Waals surface area contributed by atoms with E-state index in [0.29, 0.717) is 32.3 Å². The van der Waals surface area contributed by atoms with Crippen molar-refractivity contribution in [2.75, 3.05) is 12.0 Å². The summed E-state index contributed by atoms with van der Waals surface area (Å²) in [5.74, 6) is 0.0850. The van der Waals surface area contributed by atoms with Crippen molar-refractivity contribution in [2.45, 2.75) is 0 Å². The molecule has 3 rings (SSSR count). The Morgan fingerprint density at radius 2 is 2.00 bits per heavy atom. The molecule has 2 N–H and O–H groups in total. The van der Waals surface area contributed by atoms with Gasteiger partial charge in [0.05, 0.1) is 12.8 Å². The Morgan fingerprint density at radius 3 is 2.67 bits per heavy atom. The molecule has 2 aromatic carbocycles. The number of methoxy groups -OCH3 is 1. The second-order valence-electron chi connectivity index (χ2n) is 5.01. The quantitative estimate of drug-likeness (QED) is 0.606. The van der Waals surface area contributed by atoms with E-state index in [1.807, 2.05) is 30.3 Å². The molecule has 1 heterocycles. The van der Waals surface area contributed by atoms with E-state index < -0.39 is 0 Å². The fourth-order valence-electron chi connectivity index (χ4n) is 2.33. The smallest absolute Gasteiger partial charge is 0.281 e. The standard InChI is InChI=1S/C17H13BrN2O3S/c1-23-15-8-10(12(18)9-14(15)21)7-13-16(22)20(17(24)19-13)11-5-3-2-4-6-11/h2-9,21H,1H3,(H,19,24)/b13-7-. The number of rotatable bonds is 3. The van der Waals surface area contributed by atoms with Crippen LogP contribution in [0.4, 0.5) is 5.69 Å². The number of amides is 1. The molecule has 0 aliphatic carbocycles. The zero-order chi connectivity index (χ0) is 17.3. The Bertz CT molecular complexity index is 852. The fraction of sp³-hybridized carbons (Fsp3) is 0.0588. The number of benzene rings is 2. The first-order valence-electron chi connectivity index (χ1n) is 7.00. The Hall–Kier alpha value is -2.38. The molecule has 1 fully saturated rings. The number of para-hydroxylation sites is 1. The molecule has 0 atom stereocenters. The van der Waals surface area contributed by atoms with Gasteiger partial charge in [-0.05, 0) is 48.1 Å². The van der Waals surface area contributed by atoms with E-state index in [1.54, 1.807) is 12.1 Å². The van der Waals surface area contributed by atoms with Crippen LogP contribution in [-0.4, -0.2) is 23.2 Å². The molecule has 0 unspecified atom stereocenters. The summed E-state index contributed by atoms with van der Waals surface area (Å²) in [6, 6.07) is 12.3. The van der Waals surface area contributed by atoms with Crippen LogP contribution in [0.25, 0.3) is 6.08 Å². The molecule has 24 heavy (non-hydrogen) atoms. The maximum atomic E-state index is 12.7. The molecule has 2 aromatic rings. The number of phenolic OH excluding ortho intramolecular Hbond substituents is 1. The lowest BCUT2D eigenvalue weighted by Gasteiger charge is -2.13. The summed E-state index contributed by atoms with van der Waals surface area (Å²) in [7, 11) is 1.46. The van der Waals surface area contributed by atoms with Crippen LogP contribution in [0, 0.1) is 0 Å². The van der Waals surface area contributed by atoms with Crippen LogP contribution in [0.2, 0.25) is 0 Å². The summed E-state index contributed by atoms with van der Waals surface area (Å²) in [5.41, 5.74) is 1.72. The lowest BCUT2D eigenvalue weighted by molar-refractivity contribution is -0.113. The third-order valence-corrected chi connectivity index (χ3v) is 4.46. The first-order valence-corrected chi connectivity index (χ1v) is 8.20. The van der Waals surface area contributed by atoms with Crippen LogP contribution in [0.1, 0.15) is 5.56 Å². The van der Waals surface area contributed by atoms with E-state index in [0.717, 1.165) is 0 Å². The van der Waals surface area contributed by atoms with Crippen molar-refractivity contribution in [1.82, 2.24) is 5.32 Å². The average molecular weight is 405 g/mol. The van der Waals surface area contributed by atoms with Crippen molar-refractivity contribution in [3.05, 3.63) is 58.2 Å². The number of nitrogens with zero attached hydrogens (tertiary/aromatic N) is 1. The SMILES string of the molecule is COc1cc(/C=C2\NC(=S)N(c3ccccc3)C2=O)c(Br)cc1O. The first-order chi connectivity index (χ1) is 11.5. The molecule has 0 saturated carbocycles. The minimum atomic E-state index is -0.245. The number of nitrogens with one attached hydrogen (secondary N) is 1. The van der Waals surface area contributed by atoms with E-state index in [-0.39, 0.29) is 11.7 Å². The van der Waals surface area contributed by atoms with Gasteiger partial charge in [0.15, 0.2) is 16.6 Å². The number of hydrogen-bond donors (Lipinski definition) is 2. The Kier molecular flexibility index (Phi) is 4.55. The van der Waals surface area contributed by atoms with Gasteiger partial charge in [-0.25, -0.2) is 0 Å². The lowest BCUT2D eigenvalue weighted by Crippen LogP contribution is -2.30. The van der Waals surface area contributed by atoms with Crippen molar-refractivity contribution in [3.8, 4) is 11.5 Å². The molecule has 0 spiro atoms. The van der Waals surface area contributed by atoms with Gasteiger partial charge in [0.25, 0.3) is 5.91 Å². The number of phenols is 1. The molecule has 5 nitrogen and oxygen atoms in total. The third-order valence-electron chi connectivity index (χ3n) is 3.49. The van der Waals surface area contributed by atoms with E-state index in [2.05, 4.69) is 21.2 Å². The number of carbonyl (C=O) groups excluding carboxylic acids is 1. The zero-order valence-electron chi connectivity index (χ0n) is 12.6. The minimum Gasteiger partial charge on any atom is -0.504 e. The van der Waals surface area contributed by atoms with Gasteiger partial charge >= 0.3 is 0 Å². The highest BCUT2D eigenvalue weighted by molar-refractivity contribution is 9.10. The van der Waals surface area contributed by atoms with Crippen LogP contribution in [0.5, 0.6) is 11.5 Å².